The molecular formula is C12H16N2O2. The SMILES string of the molecule is CCc1occc1C(=O)NC(C)(C#N)CC. The number of rotatable bonds is 4. The summed E-state index contributed by atoms with van der Waals surface area (Å²) < 4.78 is 5.17. The van der Waals surface area contributed by atoms with Gasteiger partial charge >= 0.3 is 0 Å². The summed E-state index contributed by atoms with van der Waals surface area (Å²) in [5.74, 6) is 0.394. The topological polar surface area (TPSA) is 66.0 Å². The second kappa shape index (κ2) is 4.84. The Bertz CT molecular complexity index is 417. The Morgan fingerprint density at radius 3 is 2.81 bits per heavy atom. The van der Waals surface area contributed by atoms with E-state index in [0.717, 1.165) is 0 Å². The molecule has 4 heteroatoms. The highest BCUT2D eigenvalue weighted by Gasteiger charge is 2.25. The molecule has 0 spiro atoms. The molecule has 0 fully saturated rings. The minimum absolute atomic E-state index is 0.253. The van der Waals surface area contributed by atoms with Crippen molar-refractivity contribution in [1.82, 2.24) is 5.32 Å². The number of carbonyl (C=O) groups excluding carboxylic acids is 1. The van der Waals surface area contributed by atoms with Crippen molar-refractivity contribution in [2.75, 3.05) is 0 Å². The van der Waals surface area contributed by atoms with Crippen LogP contribution in [0.3, 0.4) is 0 Å². The first-order chi connectivity index (χ1) is 7.56. The predicted octanol–water partition coefficient (Wildman–Crippen LogP) is 2.26. The van der Waals surface area contributed by atoms with E-state index in [9.17, 15) is 4.79 Å². The molecule has 0 aliphatic rings. The minimum Gasteiger partial charge on any atom is -0.469 e. The monoisotopic (exact) mass is 220 g/mol. The summed E-state index contributed by atoms with van der Waals surface area (Å²) in [4.78, 5) is 11.9. The van der Waals surface area contributed by atoms with Gasteiger partial charge in [-0.25, -0.2) is 0 Å². The first-order valence-electron chi connectivity index (χ1n) is 5.36. The molecule has 0 aliphatic heterocycles. The largest absolute Gasteiger partial charge is 0.469 e. The van der Waals surface area contributed by atoms with Crippen LogP contribution in [0.2, 0.25) is 0 Å². The van der Waals surface area contributed by atoms with Crippen molar-refractivity contribution >= 4 is 5.91 Å². The van der Waals surface area contributed by atoms with Crippen LogP contribution in [0.1, 0.15) is 43.3 Å². The summed E-state index contributed by atoms with van der Waals surface area (Å²) >= 11 is 0. The van der Waals surface area contributed by atoms with Gasteiger partial charge in [0.05, 0.1) is 17.9 Å². The molecule has 1 aromatic heterocycles. The average molecular weight is 220 g/mol. The van der Waals surface area contributed by atoms with Gasteiger partial charge in [-0.2, -0.15) is 5.26 Å². The van der Waals surface area contributed by atoms with Crippen LogP contribution in [0.5, 0.6) is 0 Å². The first kappa shape index (κ1) is 12.3. The fourth-order valence-electron chi connectivity index (χ4n) is 1.33. The molecule has 1 aromatic rings. The quantitative estimate of drug-likeness (QED) is 0.846. The van der Waals surface area contributed by atoms with Crippen LogP contribution < -0.4 is 5.32 Å². The second-order valence-electron chi connectivity index (χ2n) is 3.86. The summed E-state index contributed by atoms with van der Waals surface area (Å²) in [5, 5.41) is 11.7. The first-order valence-corrected chi connectivity index (χ1v) is 5.36. The molecule has 1 unspecified atom stereocenters. The molecule has 1 N–H and O–H groups in total. The summed E-state index contributed by atoms with van der Waals surface area (Å²) in [6, 6.07) is 3.72. The van der Waals surface area contributed by atoms with Crippen molar-refractivity contribution in [2.24, 2.45) is 0 Å². The van der Waals surface area contributed by atoms with Crippen molar-refractivity contribution in [1.29, 1.82) is 5.26 Å². The second-order valence-corrected chi connectivity index (χ2v) is 3.86. The Labute approximate surface area is 95.2 Å². The highest BCUT2D eigenvalue weighted by atomic mass is 16.3. The highest BCUT2D eigenvalue weighted by molar-refractivity contribution is 5.95. The molecule has 0 radical (unpaired) electrons. The lowest BCUT2D eigenvalue weighted by atomic mass is 10.0. The third-order valence-corrected chi connectivity index (χ3v) is 2.65. The maximum absolute atomic E-state index is 11.9. The van der Waals surface area contributed by atoms with Crippen LogP contribution >= 0.6 is 0 Å². The number of amides is 1. The Morgan fingerprint density at radius 1 is 1.62 bits per heavy atom. The molecule has 1 atom stereocenters. The van der Waals surface area contributed by atoms with E-state index >= 15 is 0 Å². The molecule has 16 heavy (non-hydrogen) atoms. The van der Waals surface area contributed by atoms with Crippen molar-refractivity contribution in [3.05, 3.63) is 23.7 Å². The number of hydrogen-bond donors (Lipinski definition) is 1. The smallest absolute Gasteiger partial charge is 0.256 e. The number of nitrogens with zero attached hydrogens (tertiary/aromatic N) is 1. The van der Waals surface area contributed by atoms with Crippen molar-refractivity contribution < 1.29 is 9.21 Å². The average Bonchev–Trinajstić information content (AvgIpc) is 2.76. The predicted molar refractivity (Wildman–Crippen MR) is 59.9 cm³/mol. The molecule has 0 aliphatic carbocycles. The summed E-state index contributed by atoms with van der Waals surface area (Å²) in [7, 11) is 0. The van der Waals surface area contributed by atoms with Gasteiger partial charge in [0, 0.05) is 6.42 Å². The minimum atomic E-state index is -0.820. The van der Waals surface area contributed by atoms with E-state index in [0.29, 0.717) is 24.2 Å². The zero-order valence-electron chi connectivity index (χ0n) is 9.83. The summed E-state index contributed by atoms with van der Waals surface area (Å²) in [6.45, 7) is 5.48. The van der Waals surface area contributed by atoms with E-state index in [2.05, 4.69) is 11.4 Å². The van der Waals surface area contributed by atoms with Gasteiger partial charge in [-0.1, -0.05) is 13.8 Å². The number of aryl methyl sites for hydroxylation is 1. The molecule has 1 heterocycles. The highest BCUT2D eigenvalue weighted by Crippen LogP contribution is 2.14. The molecule has 0 aromatic carbocycles. The van der Waals surface area contributed by atoms with Gasteiger partial charge in [-0.05, 0) is 19.4 Å². The Hall–Kier alpha value is -1.76. The van der Waals surface area contributed by atoms with Crippen molar-refractivity contribution in [3.8, 4) is 6.07 Å². The van der Waals surface area contributed by atoms with Gasteiger partial charge in [0.1, 0.15) is 11.3 Å². The third kappa shape index (κ3) is 2.43. The molecule has 4 nitrogen and oxygen atoms in total. The van der Waals surface area contributed by atoms with Crippen molar-refractivity contribution in [3.63, 3.8) is 0 Å². The lowest BCUT2D eigenvalue weighted by Crippen LogP contribution is -2.44. The number of hydrogen-bond acceptors (Lipinski definition) is 3. The van der Waals surface area contributed by atoms with Crippen molar-refractivity contribution in [2.45, 2.75) is 39.2 Å². The summed E-state index contributed by atoms with van der Waals surface area (Å²) in [5.41, 5.74) is -0.309. The Morgan fingerprint density at radius 2 is 2.31 bits per heavy atom. The van der Waals surface area contributed by atoms with Gasteiger partial charge in [-0.3, -0.25) is 4.79 Å². The lowest BCUT2D eigenvalue weighted by Gasteiger charge is -2.20. The number of furan rings is 1. The van der Waals surface area contributed by atoms with E-state index in [1.807, 2.05) is 13.8 Å². The van der Waals surface area contributed by atoms with Gasteiger partial charge in [0.25, 0.3) is 5.91 Å². The zero-order chi connectivity index (χ0) is 12.2. The van der Waals surface area contributed by atoms with Gasteiger partial charge in [0.2, 0.25) is 0 Å². The maximum atomic E-state index is 11.9. The zero-order valence-corrected chi connectivity index (χ0v) is 9.83. The standard InChI is InChI=1S/C12H16N2O2/c1-4-10-9(6-7-16-10)11(15)14-12(3,5-2)8-13/h6-7H,4-5H2,1-3H3,(H,14,15). The fourth-order valence-corrected chi connectivity index (χ4v) is 1.33. The Balaban J connectivity index is 2.85. The molecule has 86 valence electrons. The van der Waals surface area contributed by atoms with Crippen LogP contribution in [-0.4, -0.2) is 11.4 Å². The van der Waals surface area contributed by atoms with Crippen LogP contribution in [-0.2, 0) is 6.42 Å². The molecule has 1 amide bonds. The van der Waals surface area contributed by atoms with Crippen LogP contribution in [0.25, 0.3) is 0 Å². The van der Waals surface area contributed by atoms with Gasteiger partial charge < -0.3 is 9.73 Å². The number of nitriles is 1. The number of nitrogens with one attached hydrogen (secondary N) is 1. The normalized spacial score (nSPS) is 13.9. The van der Waals surface area contributed by atoms with E-state index in [4.69, 9.17) is 9.68 Å². The van der Waals surface area contributed by atoms with Crippen LogP contribution in [0.4, 0.5) is 0 Å². The molecule has 0 saturated heterocycles. The Kier molecular flexibility index (Phi) is 3.73. The van der Waals surface area contributed by atoms with E-state index in [1.54, 1.807) is 13.0 Å². The molecular weight excluding hydrogens is 204 g/mol. The molecule has 1 rings (SSSR count). The van der Waals surface area contributed by atoms with E-state index in [-0.39, 0.29) is 5.91 Å². The molecule has 0 bridgehead atoms. The van der Waals surface area contributed by atoms with Crippen LogP contribution in [0, 0.1) is 11.3 Å². The fraction of sp³-hybridized carbons (Fsp3) is 0.500. The van der Waals surface area contributed by atoms with Crippen LogP contribution in [0.15, 0.2) is 16.7 Å². The lowest BCUT2D eigenvalue weighted by molar-refractivity contribution is 0.0921. The van der Waals surface area contributed by atoms with Gasteiger partial charge in [-0.15, -0.1) is 0 Å². The molecule has 0 saturated carbocycles. The number of carbonyl (C=O) groups is 1. The van der Waals surface area contributed by atoms with Gasteiger partial charge in [0.15, 0.2) is 0 Å². The van der Waals surface area contributed by atoms with E-state index < -0.39 is 5.54 Å². The maximum Gasteiger partial charge on any atom is 0.256 e. The van der Waals surface area contributed by atoms with E-state index in [1.165, 1.54) is 6.26 Å². The third-order valence-electron chi connectivity index (χ3n) is 2.65. The summed E-state index contributed by atoms with van der Waals surface area (Å²) in [6.07, 6.45) is 2.71.